The van der Waals surface area contributed by atoms with Crippen LogP contribution in [0.3, 0.4) is 0 Å². The fourth-order valence-electron chi connectivity index (χ4n) is 3.13. The van der Waals surface area contributed by atoms with Crippen LogP contribution < -0.4 is 0 Å². The summed E-state index contributed by atoms with van der Waals surface area (Å²) < 4.78 is 0.936. The molecule has 94 valence electrons. The number of rotatable bonds is 2. The molecule has 1 saturated carbocycles. The first kappa shape index (κ1) is 13.0. The number of nitrogens with zero attached hydrogens (tertiary/aromatic N) is 1. The molecule has 3 unspecified atom stereocenters. The molecule has 1 aliphatic carbocycles. The third-order valence-electron chi connectivity index (χ3n) is 3.73. The van der Waals surface area contributed by atoms with Crippen LogP contribution in [0.15, 0.2) is 22.9 Å². The summed E-state index contributed by atoms with van der Waals surface area (Å²) in [7, 11) is 0. The molecule has 1 heterocycles. The zero-order valence-corrected chi connectivity index (χ0v) is 12.0. The maximum Gasteiger partial charge on any atom is 0.0833 e. The topological polar surface area (TPSA) is 33.1 Å². The van der Waals surface area contributed by atoms with E-state index in [-0.39, 0.29) is 6.10 Å². The van der Waals surface area contributed by atoms with Gasteiger partial charge in [-0.15, -0.1) is 0 Å². The molecule has 17 heavy (non-hydrogen) atoms. The molecule has 1 N–H and O–H groups in total. The van der Waals surface area contributed by atoms with E-state index in [1.54, 1.807) is 12.4 Å². The van der Waals surface area contributed by atoms with Crippen molar-refractivity contribution < 1.29 is 5.11 Å². The first-order chi connectivity index (χ1) is 8.06. The van der Waals surface area contributed by atoms with Crippen molar-refractivity contribution in [1.29, 1.82) is 0 Å². The smallest absolute Gasteiger partial charge is 0.0833 e. The molecular weight excluding hydrogens is 278 g/mol. The highest BCUT2D eigenvalue weighted by molar-refractivity contribution is 9.10. The molecule has 1 aromatic rings. The van der Waals surface area contributed by atoms with E-state index in [2.05, 4.69) is 34.8 Å². The highest BCUT2D eigenvalue weighted by Gasteiger charge is 2.29. The van der Waals surface area contributed by atoms with Gasteiger partial charge in [0.2, 0.25) is 0 Å². The number of hydrogen-bond acceptors (Lipinski definition) is 2. The summed E-state index contributed by atoms with van der Waals surface area (Å²) in [5, 5.41) is 10.4. The summed E-state index contributed by atoms with van der Waals surface area (Å²) in [6, 6.07) is 1.97. The van der Waals surface area contributed by atoms with Crippen LogP contribution in [0.5, 0.6) is 0 Å². The number of hydrogen-bond donors (Lipinski definition) is 1. The molecule has 0 spiro atoms. The molecule has 1 aliphatic rings. The minimum absolute atomic E-state index is 0.370. The maximum absolute atomic E-state index is 10.4. The van der Waals surface area contributed by atoms with Gasteiger partial charge in [-0.25, -0.2) is 0 Å². The zero-order chi connectivity index (χ0) is 12.4. The Labute approximate surface area is 112 Å². The van der Waals surface area contributed by atoms with E-state index < -0.39 is 0 Å². The van der Waals surface area contributed by atoms with Crippen molar-refractivity contribution in [2.45, 2.75) is 39.2 Å². The van der Waals surface area contributed by atoms with Crippen LogP contribution in [0.25, 0.3) is 0 Å². The third kappa shape index (κ3) is 3.29. The summed E-state index contributed by atoms with van der Waals surface area (Å²) in [5.41, 5.74) is 0.936. The van der Waals surface area contributed by atoms with Crippen LogP contribution in [0, 0.1) is 17.8 Å². The van der Waals surface area contributed by atoms with Gasteiger partial charge < -0.3 is 5.11 Å². The van der Waals surface area contributed by atoms with Gasteiger partial charge in [-0.05, 0) is 59.0 Å². The summed E-state index contributed by atoms with van der Waals surface area (Å²) in [6.45, 7) is 4.57. The second-order valence-electron chi connectivity index (χ2n) is 5.56. The van der Waals surface area contributed by atoms with Crippen molar-refractivity contribution in [2.24, 2.45) is 17.8 Å². The van der Waals surface area contributed by atoms with Crippen LogP contribution in [-0.4, -0.2) is 10.1 Å². The quantitative estimate of drug-likeness (QED) is 0.897. The molecule has 0 aromatic carbocycles. The van der Waals surface area contributed by atoms with Crippen molar-refractivity contribution in [3.05, 3.63) is 28.5 Å². The van der Waals surface area contributed by atoms with E-state index in [1.807, 2.05) is 6.07 Å². The van der Waals surface area contributed by atoms with Crippen LogP contribution in [0.1, 0.15) is 44.8 Å². The predicted octanol–water partition coefficient (Wildman–Crippen LogP) is 3.95. The number of aromatic nitrogens is 1. The Morgan fingerprint density at radius 2 is 1.88 bits per heavy atom. The summed E-state index contributed by atoms with van der Waals surface area (Å²) in [4.78, 5) is 4.13. The lowest BCUT2D eigenvalue weighted by Crippen LogP contribution is -2.24. The van der Waals surface area contributed by atoms with E-state index in [9.17, 15) is 5.11 Å². The van der Waals surface area contributed by atoms with Crippen LogP contribution >= 0.6 is 15.9 Å². The molecule has 3 heteroatoms. The van der Waals surface area contributed by atoms with Gasteiger partial charge in [0.25, 0.3) is 0 Å². The molecule has 0 aliphatic heterocycles. The normalized spacial score (nSPS) is 31.2. The fraction of sp³-hybridized carbons (Fsp3) is 0.643. The van der Waals surface area contributed by atoms with Gasteiger partial charge in [-0.2, -0.15) is 0 Å². The molecule has 2 rings (SSSR count). The van der Waals surface area contributed by atoms with Gasteiger partial charge >= 0.3 is 0 Å². The average Bonchev–Trinajstić information content (AvgIpc) is 2.26. The number of pyridine rings is 1. The Hall–Kier alpha value is -0.410. The van der Waals surface area contributed by atoms with Gasteiger partial charge in [0.1, 0.15) is 0 Å². The lowest BCUT2D eigenvalue weighted by atomic mass is 9.73. The fourth-order valence-corrected chi connectivity index (χ4v) is 3.51. The van der Waals surface area contributed by atoms with E-state index in [0.717, 1.165) is 34.7 Å². The second kappa shape index (κ2) is 5.49. The second-order valence-corrected chi connectivity index (χ2v) is 6.47. The average molecular weight is 298 g/mol. The molecule has 0 bridgehead atoms. The lowest BCUT2D eigenvalue weighted by Gasteiger charge is -2.34. The highest BCUT2D eigenvalue weighted by atomic mass is 79.9. The summed E-state index contributed by atoms with van der Waals surface area (Å²) >= 11 is 3.40. The van der Waals surface area contributed by atoms with Crippen LogP contribution in [0.4, 0.5) is 0 Å². The van der Waals surface area contributed by atoms with Gasteiger partial charge in [-0.1, -0.05) is 13.8 Å². The monoisotopic (exact) mass is 297 g/mol. The Kier molecular flexibility index (Phi) is 4.21. The molecule has 0 amide bonds. The molecule has 2 nitrogen and oxygen atoms in total. The zero-order valence-electron chi connectivity index (χ0n) is 10.4. The maximum atomic E-state index is 10.4. The van der Waals surface area contributed by atoms with Crippen LogP contribution in [-0.2, 0) is 0 Å². The molecule has 1 fully saturated rings. The van der Waals surface area contributed by atoms with Gasteiger partial charge in [0.05, 0.1) is 6.10 Å². The van der Waals surface area contributed by atoms with Crippen molar-refractivity contribution in [1.82, 2.24) is 4.98 Å². The third-order valence-corrected chi connectivity index (χ3v) is 4.16. The molecule has 0 radical (unpaired) electrons. The Balaban J connectivity index is 2.11. The number of aliphatic hydroxyl groups is 1. The van der Waals surface area contributed by atoms with E-state index in [0.29, 0.717) is 5.92 Å². The first-order valence-corrected chi connectivity index (χ1v) is 7.14. The van der Waals surface area contributed by atoms with E-state index in [4.69, 9.17) is 0 Å². The Bertz CT molecular complexity index is 372. The van der Waals surface area contributed by atoms with Crippen molar-refractivity contribution in [2.75, 3.05) is 0 Å². The first-order valence-electron chi connectivity index (χ1n) is 6.34. The molecule has 3 atom stereocenters. The molecule has 1 aromatic heterocycles. The summed E-state index contributed by atoms with van der Waals surface area (Å²) in [5.74, 6) is 1.82. The highest BCUT2D eigenvalue weighted by Crippen LogP contribution is 2.39. The Morgan fingerprint density at radius 1 is 1.24 bits per heavy atom. The van der Waals surface area contributed by atoms with Crippen LogP contribution in [0.2, 0.25) is 0 Å². The van der Waals surface area contributed by atoms with Gasteiger partial charge in [0, 0.05) is 22.4 Å². The number of halogens is 1. The lowest BCUT2D eigenvalue weighted by molar-refractivity contribution is 0.0549. The standard InChI is InChI=1S/C14H20BrNO/c1-9-3-10(2)5-11(4-9)14(17)12-6-13(15)8-16-7-12/h6-11,14,17H,3-5H2,1-2H3. The summed E-state index contributed by atoms with van der Waals surface area (Å²) in [6.07, 6.45) is 6.70. The number of aliphatic hydroxyl groups excluding tert-OH is 1. The minimum Gasteiger partial charge on any atom is -0.388 e. The Morgan fingerprint density at radius 3 is 2.47 bits per heavy atom. The van der Waals surface area contributed by atoms with E-state index >= 15 is 0 Å². The minimum atomic E-state index is -0.370. The van der Waals surface area contributed by atoms with E-state index in [1.165, 1.54) is 6.42 Å². The van der Waals surface area contributed by atoms with Crippen molar-refractivity contribution >= 4 is 15.9 Å². The van der Waals surface area contributed by atoms with Gasteiger partial charge in [0.15, 0.2) is 0 Å². The largest absolute Gasteiger partial charge is 0.388 e. The predicted molar refractivity (Wildman–Crippen MR) is 72.6 cm³/mol. The molecular formula is C14H20BrNO. The SMILES string of the molecule is CC1CC(C)CC(C(O)c2cncc(Br)c2)C1. The molecule has 0 saturated heterocycles. The van der Waals surface area contributed by atoms with Crippen molar-refractivity contribution in [3.8, 4) is 0 Å². The van der Waals surface area contributed by atoms with Gasteiger partial charge in [-0.3, -0.25) is 4.98 Å². The van der Waals surface area contributed by atoms with Crippen molar-refractivity contribution in [3.63, 3.8) is 0 Å².